The maximum Gasteiger partial charge on any atom is 0.139 e. The highest BCUT2D eigenvalue weighted by Gasteiger charge is 2.13. The standard InChI is InChI=1S/C27H18Cl2FN5/c1-15(33-12-18-2-3-24-25(26(18)30)23(29)14-34-24)17-4-5-32-22(10-17)8-16-6-19-9-21(28)13-35-27(19)20(7-16)11-31/h2-7,9-10,13-14,33-34H,1,8,12H2. The summed E-state index contributed by atoms with van der Waals surface area (Å²) in [6.07, 6.45) is 5.32. The number of benzene rings is 2. The van der Waals surface area contributed by atoms with Gasteiger partial charge in [-0.15, -0.1) is 0 Å². The highest BCUT2D eigenvalue weighted by molar-refractivity contribution is 6.35. The molecule has 0 saturated heterocycles. The minimum Gasteiger partial charge on any atom is -0.381 e. The first-order valence-electron chi connectivity index (χ1n) is 10.7. The first kappa shape index (κ1) is 22.9. The number of halogens is 3. The average Bonchev–Trinajstić information content (AvgIpc) is 3.24. The van der Waals surface area contributed by atoms with Gasteiger partial charge in [0, 0.05) is 65.0 Å². The second-order valence-corrected chi connectivity index (χ2v) is 8.97. The molecule has 0 aliphatic rings. The van der Waals surface area contributed by atoms with E-state index in [4.69, 9.17) is 23.2 Å². The molecule has 0 amide bonds. The molecule has 0 unspecified atom stereocenters. The van der Waals surface area contributed by atoms with Gasteiger partial charge >= 0.3 is 0 Å². The summed E-state index contributed by atoms with van der Waals surface area (Å²) < 4.78 is 14.9. The predicted molar refractivity (Wildman–Crippen MR) is 138 cm³/mol. The molecule has 0 aliphatic heterocycles. The summed E-state index contributed by atoms with van der Waals surface area (Å²) >= 11 is 12.2. The van der Waals surface area contributed by atoms with Crippen molar-refractivity contribution in [1.82, 2.24) is 20.3 Å². The summed E-state index contributed by atoms with van der Waals surface area (Å²) in [5.74, 6) is -0.358. The van der Waals surface area contributed by atoms with E-state index >= 15 is 0 Å². The zero-order valence-electron chi connectivity index (χ0n) is 18.4. The topological polar surface area (TPSA) is 77.4 Å². The number of H-pyrrole nitrogens is 1. The third kappa shape index (κ3) is 4.57. The van der Waals surface area contributed by atoms with Gasteiger partial charge in [0.2, 0.25) is 0 Å². The number of nitriles is 1. The molecule has 0 spiro atoms. The van der Waals surface area contributed by atoms with E-state index in [1.807, 2.05) is 24.3 Å². The molecule has 172 valence electrons. The van der Waals surface area contributed by atoms with Crippen LogP contribution in [-0.2, 0) is 13.0 Å². The molecule has 5 aromatic rings. The average molecular weight is 502 g/mol. The Balaban J connectivity index is 1.35. The van der Waals surface area contributed by atoms with Gasteiger partial charge < -0.3 is 10.3 Å². The lowest BCUT2D eigenvalue weighted by Gasteiger charge is -2.12. The minimum atomic E-state index is -0.358. The van der Waals surface area contributed by atoms with Crippen molar-refractivity contribution in [3.63, 3.8) is 0 Å². The van der Waals surface area contributed by atoms with Crippen molar-refractivity contribution >= 4 is 50.7 Å². The lowest BCUT2D eigenvalue weighted by atomic mass is 10.0. The summed E-state index contributed by atoms with van der Waals surface area (Å²) in [5, 5.41) is 14.8. The smallest absolute Gasteiger partial charge is 0.139 e. The molecule has 8 heteroatoms. The zero-order valence-corrected chi connectivity index (χ0v) is 19.9. The van der Waals surface area contributed by atoms with Crippen LogP contribution >= 0.6 is 23.2 Å². The van der Waals surface area contributed by atoms with E-state index in [0.717, 1.165) is 22.2 Å². The van der Waals surface area contributed by atoms with Gasteiger partial charge in [0.05, 0.1) is 26.5 Å². The van der Waals surface area contributed by atoms with Crippen LogP contribution in [-0.4, -0.2) is 15.0 Å². The summed E-state index contributed by atoms with van der Waals surface area (Å²) in [6, 6.07) is 15.1. The van der Waals surface area contributed by atoms with Gasteiger partial charge in [-0.2, -0.15) is 5.26 Å². The normalized spacial score (nSPS) is 11.0. The quantitative estimate of drug-likeness (QED) is 0.268. The van der Waals surface area contributed by atoms with Gasteiger partial charge in [0.25, 0.3) is 0 Å². The van der Waals surface area contributed by atoms with Gasteiger partial charge in [-0.1, -0.05) is 35.8 Å². The van der Waals surface area contributed by atoms with Crippen LogP contribution in [0.3, 0.4) is 0 Å². The van der Waals surface area contributed by atoms with Crippen molar-refractivity contribution in [3.8, 4) is 6.07 Å². The molecule has 5 rings (SSSR count). The molecule has 2 aromatic carbocycles. The highest BCUT2D eigenvalue weighted by Crippen LogP contribution is 2.28. The zero-order chi connectivity index (χ0) is 24.5. The first-order chi connectivity index (χ1) is 16.9. The van der Waals surface area contributed by atoms with Crippen molar-refractivity contribution in [1.29, 1.82) is 5.26 Å². The highest BCUT2D eigenvalue weighted by atomic mass is 35.5. The number of aromatic amines is 1. The van der Waals surface area contributed by atoms with Crippen molar-refractivity contribution < 1.29 is 4.39 Å². The molecule has 0 atom stereocenters. The molecular weight excluding hydrogens is 484 g/mol. The number of nitrogens with one attached hydrogen (secondary N) is 2. The van der Waals surface area contributed by atoms with Crippen LogP contribution < -0.4 is 5.32 Å². The number of hydrogen-bond donors (Lipinski definition) is 2. The van der Waals surface area contributed by atoms with E-state index in [2.05, 4.69) is 32.9 Å². The van der Waals surface area contributed by atoms with Crippen LogP contribution in [0.5, 0.6) is 0 Å². The Hall–Kier alpha value is -3.92. The Morgan fingerprint density at radius 2 is 2.00 bits per heavy atom. The van der Waals surface area contributed by atoms with E-state index < -0.39 is 0 Å². The maximum absolute atomic E-state index is 14.9. The molecule has 3 aromatic heterocycles. The van der Waals surface area contributed by atoms with Gasteiger partial charge in [0.15, 0.2) is 0 Å². The number of hydrogen-bond acceptors (Lipinski definition) is 4. The number of pyridine rings is 2. The van der Waals surface area contributed by atoms with Gasteiger partial charge in [-0.05, 0) is 42.0 Å². The molecule has 5 nitrogen and oxygen atoms in total. The predicted octanol–water partition coefficient (Wildman–Crippen LogP) is 6.78. The summed E-state index contributed by atoms with van der Waals surface area (Å²) in [5.41, 5.74) is 5.43. The van der Waals surface area contributed by atoms with Crippen molar-refractivity contribution in [2.75, 3.05) is 0 Å². The molecule has 2 N–H and O–H groups in total. The van der Waals surface area contributed by atoms with Crippen LogP contribution in [0.2, 0.25) is 10.0 Å². The third-order valence-electron chi connectivity index (χ3n) is 5.79. The largest absolute Gasteiger partial charge is 0.381 e. The second kappa shape index (κ2) is 9.38. The summed E-state index contributed by atoms with van der Waals surface area (Å²) in [4.78, 5) is 11.7. The molecule has 0 fully saturated rings. The van der Waals surface area contributed by atoms with Crippen molar-refractivity contribution in [3.05, 3.63) is 111 Å². The Morgan fingerprint density at radius 1 is 1.14 bits per heavy atom. The Kier molecular flexibility index (Phi) is 6.12. The monoisotopic (exact) mass is 501 g/mol. The molecular formula is C27H18Cl2FN5. The van der Waals surface area contributed by atoms with Crippen LogP contribution in [0.1, 0.15) is 27.9 Å². The SMILES string of the molecule is C=C(NCc1ccc2[nH]cc(Cl)c2c1F)c1ccnc(Cc2cc(C#N)c3ncc(Cl)cc3c2)c1. The van der Waals surface area contributed by atoms with E-state index in [-0.39, 0.29) is 12.4 Å². The minimum absolute atomic E-state index is 0.254. The molecule has 3 heterocycles. The van der Waals surface area contributed by atoms with Gasteiger partial charge in [-0.25, -0.2) is 4.39 Å². The maximum atomic E-state index is 14.9. The van der Waals surface area contributed by atoms with Crippen LogP contribution in [0.15, 0.2) is 67.6 Å². The van der Waals surface area contributed by atoms with Crippen LogP contribution in [0.4, 0.5) is 4.39 Å². The number of rotatable bonds is 6. The Labute approximate surface area is 210 Å². The second-order valence-electron chi connectivity index (χ2n) is 8.12. The van der Waals surface area contributed by atoms with Crippen molar-refractivity contribution in [2.24, 2.45) is 0 Å². The van der Waals surface area contributed by atoms with Gasteiger partial charge in [-0.3, -0.25) is 9.97 Å². The fourth-order valence-corrected chi connectivity index (χ4v) is 4.48. The van der Waals surface area contributed by atoms with E-state index in [0.29, 0.717) is 49.7 Å². The van der Waals surface area contributed by atoms with Crippen molar-refractivity contribution in [2.45, 2.75) is 13.0 Å². The molecule has 0 bridgehead atoms. The van der Waals surface area contributed by atoms with Crippen LogP contribution in [0, 0.1) is 17.1 Å². The fourth-order valence-electron chi connectivity index (χ4n) is 4.07. The molecule has 0 radical (unpaired) electrons. The lowest BCUT2D eigenvalue weighted by Crippen LogP contribution is -2.12. The number of nitrogens with zero attached hydrogens (tertiary/aromatic N) is 3. The lowest BCUT2D eigenvalue weighted by molar-refractivity contribution is 0.617. The first-order valence-corrected chi connectivity index (χ1v) is 11.5. The third-order valence-corrected chi connectivity index (χ3v) is 6.29. The summed E-state index contributed by atoms with van der Waals surface area (Å²) in [6.45, 7) is 4.36. The van der Waals surface area contributed by atoms with E-state index in [9.17, 15) is 9.65 Å². The summed E-state index contributed by atoms with van der Waals surface area (Å²) in [7, 11) is 0. The Bertz CT molecular complexity index is 1650. The van der Waals surface area contributed by atoms with E-state index in [1.165, 1.54) is 6.20 Å². The fraction of sp³-hybridized carbons (Fsp3) is 0.0741. The number of fused-ring (bicyclic) bond motifs is 2. The molecule has 35 heavy (non-hydrogen) atoms. The van der Waals surface area contributed by atoms with Gasteiger partial charge in [0.1, 0.15) is 11.9 Å². The number of aromatic nitrogens is 3. The Morgan fingerprint density at radius 3 is 2.83 bits per heavy atom. The molecule has 0 saturated carbocycles. The van der Waals surface area contributed by atoms with E-state index in [1.54, 1.807) is 30.6 Å². The van der Waals surface area contributed by atoms with Crippen LogP contribution in [0.25, 0.3) is 27.5 Å². The molecule has 0 aliphatic carbocycles.